The van der Waals surface area contributed by atoms with E-state index in [0.717, 1.165) is 50.7 Å². The highest BCUT2D eigenvalue weighted by molar-refractivity contribution is 6.24. The molecule has 0 aromatic carbocycles. The molecule has 11 heteroatoms. The lowest BCUT2D eigenvalue weighted by atomic mass is 9.84. The van der Waals surface area contributed by atoms with Crippen LogP contribution in [-0.4, -0.2) is 61.1 Å². The molecule has 0 aliphatic carbocycles. The molecule has 8 bridgehead atoms. The van der Waals surface area contributed by atoms with Crippen LogP contribution in [0.4, 0.5) is 0 Å². The summed E-state index contributed by atoms with van der Waals surface area (Å²) in [5, 5.41) is 23.3. The number of nitrogens with two attached hydrogens (primary N) is 1. The fourth-order valence-corrected chi connectivity index (χ4v) is 6.83. The number of allylic oxidation sites excluding steroid dienone is 1. The van der Waals surface area contributed by atoms with Crippen LogP contribution < -0.4 is 11.1 Å². The topological polar surface area (TPSA) is 187 Å². The van der Waals surface area contributed by atoms with Gasteiger partial charge in [0, 0.05) is 70.2 Å². The van der Waals surface area contributed by atoms with E-state index >= 15 is 0 Å². The molecule has 0 fully saturated rings. The number of hydrogen-bond acceptors (Lipinski definition) is 6. The Labute approximate surface area is 273 Å². The lowest BCUT2D eigenvalue weighted by Gasteiger charge is -2.18. The van der Waals surface area contributed by atoms with Gasteiger partial charge in [-0.1, -0.05) is 26.5 Å². The molecule has 2 aliphatic heterocycles. The standard InChI is InChI=1S/C36H42N6O5/c1-7-21-17(3)25-14-27-19(5)23(9-10-31(43)38-12-11-37)34(41-27)24(13-32(44)45)35-33(36(46)47)20(6)28(42-35)16-30-22(8-2)18(4)26(40-30)15-29(21)39-25/h7,14-16,19,23,39-40H,1,8-13,37H2,2-6H3,(H,38,43)(H,44,45)(H,46,47)/t19-,23+/m1/s1. The van der Waals surface area contributed by atoms with Crippen molar-refractivity contribution in [3.63, 3.8) is 0 Å². The summed E-state index contributed by atoms with van der Waals surface area (Å²) < 4.78 is 0. The van der Waals surface area contributed by atoms with Gasteiger partial charge in [-0.3, -0.25) is 14.6 Å². The van der Waals surface area contributed by atoms with Gasteiger partial charge in [0.15, 0.2) is 0 Å². The molecule has 0 spiro atoms. The number of rotatable bonds is 10. The number of aromatic nitrogens is 4. The summed E-state index contributed by atoms with van der Waals surface area (Å²) in [6.07, 6.45) is 2.58. The molecule has 246 valence electrons. The predicted molar refractivity (Wildman–Crippen MR) is 184 cm³/mol. The van der Waals surface area contributed by atoms with Crippen LogP contribution in [-0.2, 0) is 27.2 Å². The number of carboxylic acids is 2. The Morgan fingerprint density at radius 3 is 2.34 bits per heavy atom. The lowest BCUT2D eigenvalue weighted by molar-refractivity contribution is -0.136. The molecule has 1 amide bonds. The molecule has 0 radical (unpaired) electrons. The number of aryl methyl sites for hydroxylation is 3. The second-order valence-corrected chi connectivity index (χ2v) is 12.2. The van der Waals surface area contributed by atoms with Crippen LogP contribution in [0, 0.1) is 13.8 Å². The number of carboxylic acid groups (broad SMARTS) is 2. The molecular formula is C36H42N6O5. The number of amides is 1. The number of carbonyl (C=O) groups excluding carboxylic acids is 1. The van der Waals surface area contributed by atoms with Crippen molar-refractivity contribution in [3.8, 4) is 0 Å². The maximum absolute atomic E-state index is 12.8. The summed E-state index contributed by atoms with van der Waals surface area (Å²) >= 11 is 0. The van der Waals surface area contributed by atoms with Crippen molar-refractivity contribution in [2.45, 2.75) is 72.1 Å². The zero-order valence-electron chi connectivity index (χ0n) is 27.5. The fraction of sp³-hybridized carbons (Fsp3) is 0.361. The number of nitrogens with one attached hydrogen (secondary N) is 3. The molecule has 7 N–H and O–H groups in total. The second kappa shape index (κ2) is 13.4. The van der Waals surface area contributed by atoms with Crippen molar-refractivity contribution < 1.29 is 24.6 Å². The fourth-order valence-electron chi connectivity index (χ4n) is 6.83. The van der Waals surface area contributed by atoms with E-state index in [4.69, 9.17) is 15.7 Å². The highest BCUT2D eigenvalue weighted by Gasteiger charge is 2.35. The SMILES string of the molecule is C=Cc1c(C)c2cc3nc(c(CC(=O)O)c4nc(cc5[nH]c(cc1[nH]2)c(C)c5CC)C(C)=C4C(=O)O)[C@@H](CCC(=O)NCCN)[C@H]3C. The average Bonchev–Trinajstić information content (AvgIpc) is 3.70. The van der Waals surface area contributed by atoms with Gasteiger partial charge in [0.2, 0.25) is 5.91 Å². The molecule has 0 saturated carbocycles. The average molecular weight is 639 g/mol. The van der Waals surface area contributed by atoms with Crippen molar-refractivity contribution >= 4 is 57.1 Å². The predicted octanol–water partition coefficient (Wildman–Crippen LogP) is 5.52. The molecule has 0 saturated heterocycles. The highest BCUT2D eigenvalue weighted by Crippen LogP contribution is 2.43. The third kappa shape index (κ3) is 6.23. The van der Waals surface area contributed by atoms with E-state index in [2.05, 4.69) is 34.9 Å². The Morgan fingerprint density at radius 2 is 1.70 bits per heavy atom. The summed E-state index contributed by atoms with van der Waals surface area (Å²) in [5.41, 5.74) is 15.2. The van der Waals surface area contributed by atoms with Crippen LogP contribution in [0.3, 0.4) is 0 Å². The normalized spacial score (nSPS) is 16.0. The van der Waals surface area contributed by atoms with E-state index in [1.54, 1.807) is 6.92 Å². The third-order valence-electron chi connectivity index (χ3n) is 9.42. The summed E-state index contributed by atoms with van der Waals surface area (Å²) in [4.78, 5) is 54.8. The van der Waals surface area contributed by atoms with Crippen LogP contribution in [0.1, 0.15) is 96.0 Å². The van der Waals surface area contributed by atoms with Crippen molar-refractivity contribution in [1.82, 2.24) is 25.3 Å². The highest BCUT2D eigenvalue weighted by atomic mass is 16.4. The van der Waals surface area contributed by atoms with Crippen LogP contribution in [0.2, 0.25) is 0 Å². The number of aromatic amines is 2. The minimum atomic E-state index is -1.20. The lowest BCUT2D eigenvalue weighted by Crippen LogP contribution is -2.29. The van der Waals surface area contributed by atoms with Crippen LogP contribution in [0.15, 0.2) is 24.8 Å². The first-order valence-electron chi connectivity index (χ1n) is 15.9. The number of hydrogen-bond donors (Lipinski definition) is 6. The van der Waals surface area contributed by atoms with E-state index in [0.29, 0.717) is 42.2 Å². The Morgan fingerprint density at radius 1 is 1.00 bits per heavy atom. The zero-order chi connectivity index (χ0) is 34.2. The number of nitrogens with zero attached hydrogens (tertiary/aromatic N) is 2. The van der Waals surface area contributed by atoms with E-state index in [9.17, 15) is 24.6 Å². The van der Waals surface area contributed by atoms with Gasteiger partial charge in [0.25, 0.3) is 0 Å². The Balaban J connectivity index is 1.95. The van der Waals surface area contributed by atoms with Gasteiger partial charge in [0.1, 0.15) is 0 Å². The first-order valence-corrected chi connectivity index (χ1v) is 15.9. The Bertz CT molecular complexity index is 2000. The Hall–Kier alpha value is -5.03. The summed E-state index contributed by atoms with van der Waals surface area (Å²) in [6.45, 7) is 14.5. The van der Waals surface area contributed by atoms with E-state index < -0.39 is 18.4 Å². The third-order valence-corrected chi connectivity index (χ3v) is 9.42. The molecule has 3 aromatic heterocycles. The summed E-state index contributed by atoms with van der Waals surface area (Å²) in [5.74, 6) is -3.11. The first kappa shape index (κ1) is 33.3. The quantitative estimate of drug-likeness (QED) is 0.167. The Kier molecular flexibility index (Phi) is 9.48. The van der Waals surface area contributed by atoms with Crippen LogP contribution >= 0.6 is 0 Å². The van der Waals surface area contributed by atoms with Crippen molar-refractivity contribution in [2.75, 3.05) is 13.1 Å². The maximum Gasteiger partial charge on any atom is 0.338 e. The van der Waals surface area contributed by atoms with Crippen molar-refractivity contribution in [2.24, 2.45) is 5.73 Å². The monoisotopic (exact) mass is 638 g/mol. The molecule has 2 aliphatic rings. The minimum Gasteiger partial charge on any atom is -0.481 e. The first-order chi connectivity index (χ1) is 22.4. The van der Waals surface area contributed by atoms with Gasteiger partial charge >= 0.3 is 11.9 Å². The summed E-state index contributed by atoms with van der Waals surface area (Å²) in [6, 6.07) is 5.84. The molecule has 5 rings (SSSR count). The zero-order valence-corrected chi connectivity index (χ0v) is 27.5. The molecule has 47 heavy (non-hydrogen) atoms. The molecule has 2 atom stereocenters. The van der Waals surface area contributed by atoms with Crippen LogP contribution in [0.25, 0.3) is 39.3 Å². The molecule has 11 nitrogen and oxygen atoms in total. The molecule has 3 aromatic rings. The second-order valence-electron chi connectivity index (χ2n) is 12.2. The minimum absolute atomic E-state index is 0.0581. The van der Waals surface area contributed by atoms with Gasteiger partial charge < -0.3 is 31.2 Å². The smallest absolute Gasteiger partial charge is 0.338 e. The van der Waals surface area contributed by atoms with E-state index in [1.807, 2.05) is 39.0 Å². The number of H-pyrrole nitrogens is 2. The summed E-state index contributed by atoms with van der Waals surface area (Å²) in [7, 11) is 0. The van der Waals surface area contributed by atoms with Gasteiger partial charge in [0.05, 0.1) is 29.1 Å². The van der Waals surface area contributed by atoms with Gasteiger partial charge in [-0.05, 0) is 74.1 Å². The molecule has 0 unspecified atom stereocenters. The van der Waals surface area contributed by atoms with Crippen molar-refractivity contribution in [3.05, 3.63) is 75.4 Å². The van der Waals surface area contributed by atoms with Crippen molar-refractivity contribution in [1.29, 1.82) is 0 Å². The number of aliphatic carboxylic acids is 2. The maximum atomic E-state index is 12.8. The van der Waals surface area contributed by atoms with Gasteiger partial charge in [-0.25, -0.2) is 9.78 Å². The number of fused-ring (bicyclic) bond motifs is 8. The van der Waals surface area contributed by atoms with E-state index in [1.165, 1.54) is 0 Å². The van der Waals surface area contributed by atoms with Gasteiger partial charge in [-0.15, -0.1) is 0 Å². The molecular weight excluding hydrogens is 596 g/mol. The largest absolute Gasteiger partial charge is 0.481 e. The van der Waals surface area contributed by atoms with Crippen LogP contribution in [0.5, 0.6) is 0 Å². The number of carbonyl (C=O) groups is 3. The van der Waals surface area contributed by atoms with E-state index in [-0.39, 0.29) is 41.0 Å². The molecule has 5 heterocycles. The van der Waals surface area contributed by atoms with Gasteiger partial charge in [-0.2, -0.15) is 0 Å².